The Morgan fingerprint density at radius 2 is 2.00 bits per heavy atom. The summed E-state index contributed by atoms with van der Waals surface area (Å²) in [5.41, 5.74) is 0.884. The van der Waals surface area contributed by atoms with E-state index in [1.807, 2.05) is 0 Å². The molecule has 0 amide bonds. The van der Waals surface area contributed by atoms with E-state index in [2.05, 4.69) is 10.3 Å². The molecule has 21 heavy (non-hydrogen) atoms. The van der Waals surface area contributed by atoms with Gasteiger partial charge < -0.3 is 4.74 Å². The third kappa shape index (κ3) is 1.98. The molecule has 8 heteroatoms. The molecule has 0 aliphatic carbocycles. The van der Waals surface area contributed by atoms with Crippen LogP contribution in [0.2, 0.25) is 0 Å². The zero-order valence-corrected chi connectivity index (χ0v) is 12.0. The van der Waals surface area contributed by atoms with E-state index in [0.717, 1.165) is 5.69 Å². The predicted molar refractivity (Wildman–Crippen MR) is 72.8 cm³/mol. The molecule has 2 aliphatic heterocycles. The number of aromatic nitrogens is 3. The fourth-order valence-corrected chi connectivity index (χ4v) is 4.39. The molecular formula is C13H14N4O3S. The van der Waals surface area contributed by atoms with Gasteiger partial charge in [-0.3, -0.25) is 0 Å². The third-order valence-electron chi connectivity index (χ3n) is 3.99. The van der Waals surface area contributed by atoms with Gasteiger partial charge in [-0.2, -0.15) is 4.31 Å². The highest BCUT2D eigenvalue weighted by molar-refractivity contribution is 7.89. The maximum Gasteiger partial charge on any atom is 0.243 e. The van der Waals surface area contributed by atoms with Gasteiger partial charge in [-0.1, -0.05) is 23.4 Å². The summed E-state index contributed by atoms with van der Waals surface area (Å²) in [5.74, 6) is 0. The highest BCUT2D eigenvalue weighted by atomic mass is 32.2. The average Bonchev–Trinajstić information content (AvgIpc) is 3.14. The molecule has 2 aliphatic rings. The second-order valence-corrected chi connectivity index (χ2v) is 7.16. The standard InChI is InChI=1S/C13H14N4O3S/c18-21(19,11-4-2-1-3-5-11)16-7-12-13(8-16)20-9-10-6-14-15-17(10)12/h1-6,12-13H,7-9H2/t12?,13-/m1/s1. The maximum atomic E-state index is 12.7. The van der Waals surface area contributed by atoms with Crippen LogP contribution in [0.1, 0.15) is 11.7 Å². The van der Waals surface area contributed by atoms with E-state index in [0.29, 0.717) is 24.6 Å². The Labute approximate surface area is 122 Å². The average molecular weight is 306 g/mol. The molecule has 2 atom stereocenters. The fraction of sp³-hybridized carbons (Fsp3) is 0.385. The second kappa shape index (κ2) is 4.62. The Balaban J connectivity index is 1.66. The van der Waals surface area contributed by atoms with Crippen LogP contribution in [0.25, 0.3) is 0 Å². The number of hydrogen-bond acceptors (Lipinski definition) is 5. The smallest absolute Gasteiger partial charge is 0.243 e. The van der Waals surface area contributed by atoms with Crippen LogP contribution >= 0.6 is 0 Å². The van der Waals surface area contributed by atoms with Gasteiger partial charge in [-0.15, -0.1) is 5.10 Å². The molecule has 1 saturated heterocycles. The second-order valence-electron chi connectivity index (χ2n) is 5.22. The van der Waals surface area contributed by atoms with Gasteiger partial charge >= 0.3 is 0 Å². The van der Waals surface area contributed by atoms with Crippen molar-refractivity contribution in [3.05, 3.63) is 42.2 Å². The van der Waals surface area contributed by atoms with Crippen LogP contribution in [0.5, 0.6) is 0 Å². The Bertz CT molecular complexity index is 759. The summed E-state index contributed by atoms with van der Waals surface area (Å²) < 4.78 is 34.3. The van der Waals surface area contributed by atoms with E-state index in [9.17, 15) is 8.42 Å². The van der Waals surface area contributed by atoms with Crippen LogP contribution in [-0.2, 0) is 21.4 Å². The minimum Gasteiger partial charge on any atom is -0.368 e. The van der Waals surface area contributed by atoms with Gasteiger partial charge in [-0.25, -0.2) is 13.1 Å². The van der Waals surface area contributed by atoms with Crippen molar-refractivity contribution in [2.24, 2.45) is 0 Å². The number of benzene rings is 1. The van der Waals surface area contributed by atoms with Gasteiger partial charge in [-0.05, 0) is 12.1 Å². The number of hydrogen-bond donors (Lipinski definition) is 0. The van der Waals surface area contributed by atoms with Crippen molar-refractivity contribution in [1.82, 2.24) is 19.3 Å². The number of sulfonamides is 1. The molecule has 1 aromatic heterocycles. The molecule has 2 aromatic rings. The molecular weight excluding hydrogens is 292 g/mol. The summed E-state index contributed by atoms with van der Waals surface area (Å²) >= 11 is 0. The minimum absolute atomic E-state index is 0.102. The van der Waals surface area contributed by atoms with E-state index in [1.54, 1.807) is 41.2 Å². The lowest BCUT2D eigenvalue weighted by Crippen LogP contribution is -2.32. The highest BCUT2D eigenvalue weighted by Crippen LogP contribution is 2.33. The maximum absolute atomic E-state index is 12.7. The van der Waals surface area contributed by atoms with Crippen molar-refractivity contribution in [2.45, 2.75) is 23.6 Å². The van der Waals surface area contributed by atoms with Crippen molar-refractivity contribution in [3.63, 3.8) is 0 Å². The zero-order valence-electron chi connectivity index (χ0n) is 11.2. The van der Waals surface area contributed by atoms with E-state index < -0.39 is 10.0 Å². The molecule has 3 heterocycles. The number of nitrogens with zero attached hydrogens (tertiary/aromatic N) is 4. The van der Waals surface area contributed by atoms with Gasteiger partial charge in [0, 0.05) is 13.1 Å². The molecule has 0 spiro atoms. The first-order valence-corrected chi connectivity index (χ1v) is 8.16. The van der Waals surface area contributed by atoms with Crippen molar-refractivity contribution in [1.29, 1.82) is 0 Å². The van der Waals surface area contributed by atoms with Gasteiger partial charge in [0.1, 0.15) is 0 Å². The molecule has 0 radical (unpaired) electrons. The van der Waals surface area contributed by atoms with E-state index in [1.165, 1.54) is 4.31 Å². The zero-order chi connectivity index (χ0) is 14.4. The quantitative estimate of drug-likeness (QED) is 0.804. The molecule has 0 saturated carbocycles. The first kappa shape index (κ1) is 12.9. The number of rotatable bonds is 2. The van der Waals surface area contributed by atoms with Gasteiger partial charge in [0.15, 0.2) is 0 Å². The molecule has 0 N–H and O–H groups in total. The van der Waals surface area contributed by atoms with Crippen LogP contribution in [0.4, 0.5) is 0 Å². The van der Waals surface area contributed by atoms with Crippen LogP contribution in [0, 0.1) is 0 Å². The summed E-state index contributed by atoms with van der Waals surface area (Å²) in [5, 5.41) is 7.93. The highest BCUT2D eigenvalue weighted by Gasteiger charge is 2.44. The lowest BCUT2D eigenvalue weighted by atomic mass is 10.2. The van der Waals surface area contributed by atoms with Crippen molar-refractivity contribution < 1.29 is 13.2 Å². The number of ether oxygens (including phenoxy) is 1. The normalized spacial score (nSPS) is 25.5. The lowest BCUT2D eigenvalue weighted by Gasteiger charge is -2.25. The Kier molecular flexibility index (Phi) is 2.84. The molecule has 0 bridgehead atoms. The van der Waals surface area contributed by atoms with Crippen molar-refractivity contribution in [2.75, 3.05) is 13.1 Å². The number of fused-ring (bicyclic) bond motifs is 3. The molecule has 7 nitrogen and oxygen atoms in total. The van der Waals surface area contributed by atoms with Crippen LogP contribution < -0.4 is 0 Å². The molecule has 110 valence electrons. The van der Waals surface area contributed by atoms with Crippen LogP contribution in [0.15, 0.2) is 41.4 Å². The Hall–Kier alpha value is -1.77. The summed E-state index contributed by atoms with van der Waals surface area (Å²) in [6.45, 7) is 1.13. The van der Waals surface area contributed by atoms with Crippen molar-refractivity contribution >= 4 is 10.0 Å². The molecule has 1 unspecified atom stereocenters. The fourth-order valence-electron chi connectivity index (χ4n) is 2.90. The Morgan fingerprint density at radius 1 is 1.19 bits per heavy atom. The van der Waals surface area contributed by atoms with Gasteiger partial charge in [0.2, 0.25) is 10.0 Å². The summed E-state index contributed by atoms with van der Waals surface area (Å²) in [6.07, 6.45) is 1.49. The predicted octanol–water partition coefficient (Wildman–Crippen LogP) is 0.422. The summed E-state index contributed by atoms with van der Waals surface area (Å²) in [7, 11) is -3.49. The van der Waals surface area contributed by atoms with E-state index in [-0.39, 0.29) is 12.1 Å². The summed E-state index contributed by atoms with van der Waals surface area (Å²) in [6, 6.07) is 8.37. The van der Waals surface area contributed by atoms with Gasteiger partial charge in [0.25, 0.3) is 0 Å². The monoisotopic (exact) mass is 306 g/mol. The van der Waals surface area contributed by atoms with Crippen molar-refractivity contribution in [3.8, 4) is 0 Å². The minimum atomic E-state index is -3.49. The first-order valence-electron chi connectivity index (χ1n) is 6.72. The lowest BCUT2D eigenvalue weighted by molar-refractivity contribution is -0.00389. The Morgan fingerprint density at radius 3 is 2.81 bits per heavy atom. The van der Waals surface area contributed by atoms with E-state index >= 15 is 0 Å². The van der Waals surface area contributed by atoms with Crippen LogP contribution in [0.3, 0.4) is 0 Å². The van der Waals surface area contributed by atoms with Gasteiger partial charge in [0.05, 0.1) is 35.5 Å². The summed E-state index contributed by atoms with van der Waals surface area (Å²) in [4.78, 5) is 0.308. The topological polar surface area (TPSA) is 77.3 Å². The SMILES string of the molecule is O=S(=O)(c1ccccc1)N1CC2[C@@H](C1)OCc1cnnn12. The van der Waals surface area contributed by atoms with E-state index in [4.69, 9.17) is 4.74 Å². The largest absolute Gasteiger partial charge is 0.368 e. The third-order valence-corrected chi connectivity index (χ3v) is 5.84. The first-order chi connectivity index (χ1) is 10.2. The molecule has 1 fully saturated rings. The molecule has 1 aromatic carbocycles. The molecule has 4 rings (SSSR count). The van der Waals surface area contributed by atoms with Crippen LogP contribution in [-0.4, -0.2) is 46.9 Å².